The summed E-state index contributed by atoms with van der Waals surface area (Å²) in [4.78, 5) is 0.732. The van der Waals surface area contributed by atoms with Crippen LogP contribution in [-0.4, -0.2) is 36.2 Å². The summed E-state index contributed by atoms with van der Waals surface area (Å²) in [5.41, 5.74) is -0.0486. The minimum Gasteiger partial charge on any atom is -0.612 e. The molecule has 0 N–H and O–H groups in total. The van der Waals surface area contributed by atoms with Gasteiger partial charge in [0.2, 0.25) is 0 Å². The van der Waals surface area contributed by atoms with Crippen LogP contribution in [0.15, 0.2) is 23.1 Å². The molecule has 1 unspecified atom stereocenters. The highest BCUT2D eigenvalue weighted by atomic mass is 32.2. The van der Waals surface area contributed by atoms with E-state index in [-0.39, 0.29) is 0 Å². The molecule has 1 aliphatic rings. The van der Waals surface area contributed by atoms with Crippen molar-refractivity contribution in [3.8, 4) is 5.75 Å². The molecule has 0 amide bonds. The van der Waals surface area contributed by atoms with Gasteiger partial charge in [0.25, 0.3) is 0 Å². The Morgan fingerprint density at radius 1 is 1.15 bits per heavy atom. The van der Waals surface area contributed by atoms with Gasteiger partial charge in [-0.15, -0.1) is 0 Å². The summed E-state index contributed by atoms with van der Waals surface area (Å²) in [6.45, 7) is 8.01. The van der Waals surface area contributed by atoms with Gasteiger partial charge in [0.05, 0.1) is 18.3 Å². The molecule has 0 radical (unpaired) electrons. The molecule has 1 saturated heterocycles. The Hall–Kier alpha value is -0.685. The predicted octanol–water partition coefficient (Wildman–Crippen LogP) is 1.73. The van der Waals surface area contributed by atoms with Crippen LogP contribution in [0.2, 0.25) is 0 Å². The monoisotopic (exact) mass is 296 g/mol. The molecule has 110 valence electrons. The second-order valence-electron chi connectivity index (χ2n) is 5.95. The average molecular weight is 296 g/mol. The number of methoxy groups -OCH3 is 1. The highest BCUT2D eigenvalue weighted by Gasteiger charge is 2.52. The minimum absolute atomic E-state index is 0.413. The Morgan fingerprint density at radius 2 is 1.70 bits per heavy atom. The van der Waals surface area contributed by atoms with Crippen molar-refractivity contribution in [3.63, 3.8) is 0 Å². The van der Waals surface area contributed by atoms with Crippen LogP contribution in [0.5, 0.6) is 5.75 Å². The molecule has 1 aromatic carbocycles. The normalized spacial score (nSPS) is 21.9. The molecule has 1 heterocycles. The van der Waals surface area contributed by atoms with Crippen molar-refractivity contribution in [2.45, 2.75) is 43.8 Å². The average Bonchev–Trinajstić information content (AvgIpc) is 2.57. The van der Waals surface area contributed by atoms with E-state index in [9.17, 15) is 4.55 Å². The Morgan fingerprint density at radius 3 is 2.15 bits per heavy atom. The molecule has 1 atom stereocenters. The van der Waals surface area contributed by atoms with E-state index in [0.717, 1.165) is 10.4 Å². The molecular weight excluding hydrogens is 275 g/mol. The van der Waals surface area contributed by atoms with Crippen molar-refractivity contribution < 1.29 is 18.6 Å². The molecule has 0 aromatic heterocycles. The van der Waals surface area contributed by atoms with E-state index in [4.69, 9.17) is 14.0 Å². The number of hydrogen-bond acceptors (Lipinski definition) is 4. The second-order valence-corrected chi connectivity index (χ2v) is 7.33. The number of hydrogen-bond donors (Lipinski definition) is 0. The van der Waals surface area contributed by atoms with Gasteiger partial charge in [0.15, 0.2) is 4.90 Å². The van der Waals surface area contributed by atoms with E-state index < -0.39 is 29.5 Å². The first kappa shape index (κ1) is 15.7. The minimum atomic E-state index is -1.05. The molecular formula is C14H21BO4S. The Balaban J connectivity index is 2.40. The van der Waals surface area contributed by atoms with E-state index >= 15 is 0 Å². The lowest BCUT2D eigenvalue weighted by Crippen LogP contribution is -2.41. The van der Waals surface area contributed by atoms with Gasteiger partial charge in [-0.25, -0.2) is 0 Å². The van der Waals surface area contributed by atoms with Gasteiger partial charge in [-0.1, -0.05) is 0 Å². The van der Waals surface area contributed by atoms with Gasteiger partial charge in [0.1, 0.15) is 12.0 Å². The number of ether oxygens (including phenoxy) is 1. The first-order valence-electron chi connectivity index (χ1n) is 6.55. The quantitative estimate of drug-likeness (QED) is 0.629. The molecule has 4 nitrogen and oxygen atoms in total. The van der Waals surface area contributed by atoms with Crippen LogP contribution in [0.4, 0.5) is 0 Å². The van der Waals surface area contributed by atoms with Crippen LogP contribution < -0.4 is 10.2 Å². The van der Waals surface area contributed by atoms with Crippen LogP contribution >= 0.6 is 0 Å². The van der Waals surface area contributed by atoms with Crippen molar-refractivity contribution in [1.82, 2.24) is 0 Å². The molecule has 0 aliphatic carbocycles. The fourth-order valence-corrected chi connectivity index (χ4v) is 2.60. The summed E-state index contributed by atoms with van der Waals surface area (Å²) >= 11 is -1.05. The fourth-order valence-electron chi connectivity index (χ4n) is 2.05. The van der Waals surface area contributed by atoms with Crippen molar-refractivity contribution in [1.29, 1.82) is 0 Å². The molecule has 1 aromatic rings. The maximum absolute atomic E-state index is 11.7. The van der Waals surface area contributed by atoms with Crippen molar-refractivity contribution in [3.05, 3.63) is 18.2 Å². The van der Waals surface area contributed by atoms with Crippen LogP contribution in [-0.2, 0) is 20.5 Å². The maximum atomic E-state index is 11.7. The smallest absolute Gasteiger partial charge is 0.498 e. The van der Waals surface area contributed by atoms with E-state index in [1.165, 1.54) is 0 Å². The second kappa shape index (κ2) is 5.26. The van der Waals surface area contributed by atoms with E-state index in [2.05, 4.69) is 0 Å². The lowest BCUT2D eigenvalue weighted by molar-refractivity contribution is 0.00578. The zero-order valence-corrected chi connectivity index (χ0v) is 13.7. The van der Waals surface area contributed by atoms with Gasteiger partial charge >= 0.3 is 7.12 Å². The van der Waals surface area contributed by atoms with E-state index in [1.54, 1.807) is 25.5 Å². The van der Waals surface area contributed by atoms with Gasteiger partial charge in [-0.3, -0.25) is 0 Å². The molecule has 6 heteroatoms. The topological polar surface area (TPSA) is 50.8 Å². The SMILES string of the molecule is COc1ccc([S+](C)[O-])cc1B1OC(C)(C)C(C)(C)O1. The van der Waals surface area contributed by atoms with Crippen LogP contribution in [0.3, 0.4) is 0 Å². The van der Waals surface area contributed by atoms with Gasteiger partial charge in [-0.2, -0.15) is 0 Å². The fraction of sp³-hybridized carbons (Fsp3) is 0.571. The Bertz CT molecular complexity index is 486. The summed E-state index contributed by atoms with van der Waals surface area (Å²) in [5.74, 6) is 0.678. The molecule has 0 bridgehead atoms. The van der Waals surface area contributed by atoms with Crippen molar-refractivity contribution in [2.75, 3.05) is 13.4 Å². The maximum Gasteiger partial charge on any atom is 0.498 e. The number of rotatable bonds is 3. The standard InChI is InChI=1S/C14H21BO4S/c1-13(2)14(3,4)19-15(18-13)11-9-10(20(6)16)7-8-12(11)17-5/h7-9H,1-6H3. The van der Waals surface area contributed by atoms with Crippen LogP contribution in [0, 0.1) is 0 Å². The van der Waals surface area contributed by atoms with Crippen molar-refractivity contribution >= 4 is 23.8 Å². The molecule has 0 saturated carbocycles. The molecule has 20 heavy (non-hydrogen) atoms. The van der Waals surface area contributed by atoms with Crippen molar-refractivity contribution in [2.24, 2.45) is 0 Å². The lowest BCUT2D eigenvalue weighted by Gasteiger charge is -2.32. The van der Waals surface area contributed by atoms with Gasteiger partial charge < -0.3 is 18.6 Å². The third-order valence-electron chi connectivity index (χ3n) is 4.04. The zero-order valence-electron chi connectivity index (χ0n) is 12.9. The molecule has 1 aliphatic heterocycles. The van der Waals surface area contributed by atoms with Crippen LogP contribution in [0.25, 0.3) is 0 Å². The van der Waals surface area contributed by atoms with Gasteiger partial charge in [0, 0.05) is 5.46 Å². The predicted molar refractivity (Wildman–Crippen MR) is 81.0 cm³/mol. The first-order valence-corrected chi connectivity index (χ1v) is 8.11. The zero-order chi connectivity index (χ0) is 15.1. The summed E-state index contributed by atoms with van der Waals surface area (Å²) in [6, 6.07) is 5.43. The number of benzene rings is 1. The van der Waals surface area contributed by atoms with E-state index in [1.807, 2.05) is 33.8 Å². The molecule has 1 fully saturated rings. The molecule has 0 spiro atoms. The third kappa shape index (κ3) is 2.70. The largest absolute Gasteiger partial charge is 0.612 e. The first-order chi connectivity index (χ1) is 9.18. The summed E-state index contributed by atoms with van der Waals surface area (Å²) in [6.07, 6.45) is 1.65. The lowest BCUT2D eigenvalue weighted by atomic mass is 9.78. The third-order valence-corrected chi connectivity index (χ3v) is 4.96. The molecule has 2 rings (SSSR count). The van der Waals surface area contributed by atoms with Crippen LogP contribution in [0.1, 0.15) is 27.7 Å². The highest BCUT2D eigenvalue weighted by molar-refractivity contribution is 7.90. The Labute approximate surface area is 124 Å². The summed E-state index contributed by atoms with van der Waals surface area (Å²) in [7, 11) is 1.09. The van der Waals surface area contributed by atoms with Gasteiger partial charge in [-0.05, 0) is 57.1 Å². The van der Waals surface area contributed by atoms with E-state index in [0.29, 0.717) is 5.75 Å². The summed E-state index contributed by atoms with van der Waals surface area (Å²) < 4.78 is 29.1. The summed E-state index contributed by atoms with van der Waals surface area (Å²) in [5, 5.41) is 0. The highest BCUT2D eigenvalue weighted by Crippen LogP contribution is 2.37. The Kier molecular flexibility index (Phi) is 4.13.